The molecule has 4 rings (SSSR count). The number of nitrogens with one attached hydrogen (secondary N) is 1. The van der Waals surface area contributed by atoms with Gasteiger partial charge in [-0.2, -0.15) is 5.10 Å². The average Bonchev–Trinajstić information content (AvgIpc) is 2.81. The summed E-state index contributed by atoms with van der Waals surface area (Å²) in [7, 11) is 3.20. The lowest BCUT2D eigenvalue weighted by Gasteiger charge is -2.11. The number of halogens is 2. The van der Waals surface area contributed by atoms with Gasteiger partial charge in [0.05, 0.1) is 30.5 Å². The van der Waals surface area contributed by atoms with Gasteiger partial charge in [0.1, 0.15) is 0 Å². The zero-order valence-corrected chi connectivity index (χ0v) is 19.2. The van der Waals surface area contributed by atoms with E-state index in [1.54, 1.807) is 32.4 Å². The molecule has 162 valence electrons. The molecule has 6 nitrogen and oxygen atoms in total. The lowest BCUT2D eigenvalue weighted by Crippen LogP contribution is -2.04. The molecule has 0 saturated carbocycles. The van der Waals surface area contributed by atoms with E-state index < -0.39 is 0 Å². The zero-order valence-electron chi connectivity index (χ0n) is 17.7. The van der Waals surface area contributed by atoms with Gasteiger partial charge in [-0.15, -0.1) is 0 Å². The highest BCUT2D eigenvalue weighted by Crippen LogP contribution is 2.31. The van der Waals surface area contributed by atoms with Crippen molar-refractivity contribution in [1.29, 1.82) is 0 Å². The molecule has 0 radical (unpaired) electrons. The largest absolute Gasteiger partial charge is 0.493 e. The van der Waals surface area contributed by atoms with Gasteiger partial charge < -0.3 is 9.47 Å². The number of nitrogens with zero attached hydrogens (tertiary/aromatic N) is 3. The fourth-order valence-corrected chi connectivity index (χ4v) is 3.71. The molecule has 0 amide bonds. The second-order valence-electron chi connectivity index (χ2n) is 6.92. The highest BCUT2D eigenvalue weighted by Gasteiger charge is 2.13. The van der Waals surface area contributed by atoms with Crippen LogP contribution in [0.2, 0.25) is 10.0 Å². The zero-order chi connectivity index (χ0) is 22.7. The first-order valence-corrected chi connectivity index (χ1v) is 10.5. The minimum atomic E-state index is 0.476. The highest BCUT2D eigenvalue weighted by molar-refractivity contribution is 6.36. The molecular formula is C24H20Cl2N4O2. The summed E-state index contributed by atoms with van der Waals surface area (Å²) in [6.45, 7) is 1.90. The molecule has 8 heteroatoms. The van der Waals surface area contributed by atoms with Crippen LogP contribution in [0, 0.1) is 0 Å². The molecular weight excluding hydrogens is 447 g/mol. The summed E-state index contributed by atoms with van der Waals surface area (Å²) in [6, 6.07) is 18.6. The second-order valence-corrected chi connectivity index (χ2v) is 7.76. The van der Waals surface area contributed by atoms with E-state index in [-0.39, 0.29) is 0 Å². The van der Waals surface area contributed by atoms with E-state index in [0.717, 1.165) is 22.2 Å². The smallest absolute Gasteiger partial charge is 0.163 e. The van der Waals surface area contributed by atoms with Crippen LogP contribution in [0.1, 0.15) is 12.5 Å². The Labute approximate surface area is 195 Å². The summed E-state index contributed by atoms with van der Waals surface area (Å²) >= 11 is 12.4. The number of fused-ring (bicyclic) bond motifs is 1. The summed E-state index contributed by atoms with van der Waals surface area (Å²) < 4.78 is 10.7. The van der Waals surface area contributed by atoms with Crippen LogP contribution in [0.5, 0.6) is 11.5 Å². The fourth-order valence-electron chi connectivity index (χ4n) is 3.22. The Bertz CT molecular complexity index is 1320. The van der Waals surface area contributed by atoms with Gasteiger partial charge in [0, 0.05) is 21.5 Å². The lowest BCUT2D eigenvalue weighted by molar-refractivity contribution is 0.355. The van der Waals surface area contributed by atoms with Crippen LogP contribution in [0.4, 0.5) is 5.82 Å². The summed E-state index contributed by atoms with van der Waals surface area (Å²) in [4.78, 5) is 9.35. The standard InChI is InChI=1S/C24H20Cl2N4O2/c1-14(15-8-11-21(31-2)22(12-15)32-3)29-30-24-18-6-4-5-7-20(18)27-23(28-24)17-10-9-16(25)13-19(17)26/h4-13H,1-3H3,(H,27,28,30). The van der Waals surface area contributed by atoms with Gasteiger partial charge in [-0.1, -0.05) is 35.3 Å². The summed E-state index contributed by atoms with van der Waals surface area (Å²) in [6.07, 6.45) is 0. The monoisotopic (exact) mass is 466 g/mol. The third-order valence-corrected chi connectivity index (χ3v) is 5.45. The average molecular weight is 467 g/mol. The topological polar surface area (TPSA) is 68.6 Å². The Hall–Kier alpha value is -3.35. The second kappa shape index (κ2) is 9.42. The molecule has 1 N–H and O–H groups in total. The number of hydrogen-bond donors (Lipinski definition) is 1. The molecule has 3 aromatic carbocycles. The molecule has 0 unspecified atom stereocenters. The Kier molecular flexibility index (Phi) is 6.44. The third-order valence-electron chi connectivity index (χ3n) is 4.91. The molecule has 0 bridgehead atoms. The van der Waals surface area contributed by atoms with Gasteiger partial charge in [-0.25, -0.2) is 9.97 Å². The van der Waals surface area contributed by atoms with Crippen LogP contribution in [-0.2, 0) is 0 Å². The van der Waals surface area contributed by atoms with Crippen LogP contribution < -0.4 is 14.9 Å². The van der Waals surface area contributed by atoms with E-state index in [9.17, 15) is 0 Å². The van der Waals surface area contributed by atoms with Crippen LogP contribution in [-0.4, -0.2) is 29.9 Å². The summed E-state index contributed by atoms with van der Waals surface area (Å²) in [5.74, 6) is 2.33. The van der Waals surface area contributed by atoms with Crippen LogP contribution >= 0.6 is 23.2 Å². The number of hydrazone groups is 1. The molecule has 0 fully saturated rings. The molecule has 32 heavy (non-hydrogen) atoms. The van der Waals surface area contributed by atoms with E-state index in [1.807, 2.05) is 49.4 Å². The normalized spacial score (nSPS) is 11.5. The molecule has 1 aromatic heterocycles. The van der Waals surface area contributed by atoms with Crippen molar-refractivity contribution in [3.63, 3.8) is 0 Å². The van der Waals surface area contributed by atoms with E-state index in [4.69, 9.17) is 32.7 Å². The highest BCUT2D eigenvalue weighted by atomic mass is 35.5. The van der Waals surface area contributed by atoms with Gasteiger partial charge in [0.2, 0.25) is 0 Å². The molecule has 0 atom stereocenters. The van der Waals surface area contributed by atoms with Crippen molar-refractivity contribution >= 4 is 45.6 Å². The van der Waals surface area contributed by atoms with Crippen molar-refractivity contribution in [1.82, 2.24) is 9.97 Å². The predicted molar refractivity (Wildman–Crippen MR) is 130 cm³/mol. The number of benzene rings is 3. The van der Waals surface area contributed by atoms with Crippen molar-refractivity contribution in [2.75, 3.05) is 19.6 Å². The van der Waals surface area contributed by atoms with Crippen molar-refractivity contribution in [3.05, 3.63) is 76.3 Å². The first kappa shape index (κ1) is 21.9. The Morgan fingerprint density at radius 3 is 2.44 bits per heavy atom. The summed E-state index contributed by atoms with van der Waals surface area (Å²) in [5, 5.41) is 6.41. The van der Waals surface area contributed by atoms with E-state index in [2.05, 4.69) is 20.5 Å². The van der Waals surface area contributed by atoms with Gasteiger partial charge in [-0.05, 0) is 55.5 Å². The van der Waals surface area contributed by atoms with Crippen molar-refractivity contribution in [2.45, 2.75) is 6.92 Å². The van der Waals surface area contributed by atoms with Gasteiger partial charge in [-0.3, -0.25) is 5.43 Å². The summed E-state index contributed by atoms with van der Waals surface area (Å²) in [5.41, 5.74) is 6.18. The maximum atomic E-state index is 6.39. The molecule has 0 aliphatic heterocycles. The van der Waals surface area contributed by atoms with Gasteiger partial charge >= 0.3 is 0 Å². The number of ether oxygens (including phenoxy) is 2. The Morgan fingerprint density at radius 2 is 1.69 bits per heavy atom. The number of methoxy groups -OCH3 is 2. The van der Waals surface area contributed by atoms with Gasteiger partial charge in [0.15, 0.2) is 23.1 Å². The minimum Gasteiger partial charge on any atom is -0.493 e. The minimum absolute atomic E-state index is 0.476. The number of para-hydroxylation sites is 1. The SMILES string of the molecule is COc1ccc(C(C)=NNc2nc(-c3ccc(Cl)cc3Cl)nc3ccccc23)cc1OC. The fraction of sp³-hybridized carbons (Fsp3) is 0.125. The third kappa shape index (κ3) is 4.47. The molecule has 0 saturated heterocycles. The molecule has 0 aliphatic carbocycles. The van der Waals surface area contributed by atoms with E-state index in [1.165, 1.54) is 0 Å². The van der Waals surface area contributed by atoms with E-state index in [0.29, 0.717) is 38.8 Å². The Balaban J connectivity index is 1.74. The van der Waals surface area contributed by atoms with E-state index >= 15 is 0 Å². The van der Waals surface area contributed by atoms with Crippen molar-refractivity contribution in [3.8, 4) is 22.9 Å². The van der Waals surface area contributed by atoms with Crippen molar-refractivity contribution < 1.29 is 9.47 Å². The Morgan fingerprint density at radius 1 is 0.906 bits per heavy atom. The number of rotatable bonds is 6. The quantitative estimate of drug-likeness (QED) is 0.261. The maximum absolute atomic E-state index is 6.39. The molecule has 1 heterocycles. The molecule has 0 spiro atoms. The number of hydrogen-bond acceptors (Lipinski definition) is 6. The lowest BCUT2D eigenvalue weighted by atomic mass is 10.1. The molecule has 0 aliphatic rings. The predicted octanol–water partition coefficient (Wildman–Crippen LogP) is 6.46. The van der Waals surface area contributed by atoms with Crippen LogP contribution in [0.3, 0.4) is 0 Å². The van der Waals surface area contributed by atoms with Crippen LogP contribution in [0.25, 0.3) is 22.3 Å². The number of aromatic nitrogens is 2. The van der Waals surface area contributed by atoms with Crippen LogP contribution in [0.15, 0.2) is 65.8 Å². The first-order chi connectivity index (χ1) is 15.5. The molecule has 4 aromatic rings. The van der Waals surface area contributed by atoms with Gasteiger partial charge in [0.25, 0.3) is 0 Å². The first-order valence-electron chi connectivity index (χ1n) is 9.75. The van der Waals surface area contributed by atoms with Crippen molar-refractivity contribution in [2.24, 2.45) is 5.10 Å². The number of anilines is 1. The maximum Gasteiger partial charge on any atom is 0.163 e.